The van der Waals surface area contributed by atoms with Crippen molar-refractivity contribution in [1.82, 2.24) is 4.57 Å². The number of aryl methyl sites for hydroxylation is 1. The third kappa shape index (κ3) is 6.60. The predicted molar refractivity (Wildman–Crippen MR) is 123 cm³/mol. The molecule has 0 radical (unpaired) electrons. The summed E-state index contributed by atoms with van der Waals surface area (Å²) in [7, 11) is 1.88. The molecular formula is C24H27ClFNO6. The molecule has 0 saturated carbocycles. The lowest BCUT2D eigenvalue weighted by Gasteiger charge is -2.16. The number of aromatic nitrogens is 1. The van der Waals surface area contributed by atoms with Gasteiger partial charge in [-0.1, -0.05) is 11.6 Å². The van der Waals surface area contributed by atoms with E-state index < -0.39 is 24.0 Å². The molecule has 33 heavy (non-hydrogen) atoms. The fourth-order valence-corrected chi connectivity index (χ4v) is 3.60. The molecule has 3 aromatic rings. The van der Waals surface area contributed by atoms with E-state index in [1.54, 1.807) is 19.9 Å². The van der Waals surface area contributed by atoms with Gasteiger partial charge in [0.25, 0.3) is 0 Å². The van der Waals surface area contributed by atoms with Crippen molar-refractivity contribution in [1.29, 1.82) is 0 Å². The number of aliphatic hydroxyl groups is 1. The molecule has 0 aliphatic heterocycles. The number of hydrogen-bond acceptors (Lipinski definition) is 5. The number of aliphatic hydroxyl groups excluding tert-OH is 1. The molecule has 0 fully saturated rings. The largest absolute Gasteiger partial charge is 0.491 e. The Bertz CT molecular complexity index is 1120. The van der Waals surface area contributed by atoms with Gasteiger partial charge in [0, 0.05) is 36.6 Å². The Balaban J connectivity index is 1.65. The number of fused-ring (bicyclic) bond motifs is 1. The van der Waals surface area contributed by atoms with Crippen molar-refractivity contribution in [3.05, 3.63) is 59.0 Å². The Morgan fingerprint density at radius 1 is 1.12 bits per heavy atom. The first-order valence-electron chi connectivity index (χ1n) is 10.5. The number of ether oxygens (including phenoxy) is 3. The summed E-state index contributed by atoms with van der Waals surface area (Å²) in [5, 5.41) is 20.5. The zero-order valence-corrected chi connectivity index (χ0v) is 19.4. The highest BCUT2D eigenvalue weighted by Gasteiger charge is 2.22. The second-order valence-electron chi connectivity index (χ2n) is 8.01. The molecule has 0 bridgehead atoms. The summed E-state index contributed by atoms with van der Waals surface area (Å²) in [6, 6.07) is 9.41. The van der Waals surface area contributed by atoms with Crippen molar-refractivity contribution in [3.8, 4) is 11.5 Å². The van der Waals surface area contributed by atoms with Gasteiger partial charge in [-0.3, -0.25) is 0 Å². The molecule has 1 aromatic heterocycles. The summed E-state index contributed by atoms with van der Waals surface area (Å²) < 4.78 is 31.8. The van der Waals surface area contributed by atoms with Crippen LogP contribution < -0.4 is 9.47 Å². The van der Waals surface area contributed by atoms with E-state index in [-0.39, 0.29) is 30.8 Å². The Labute approximate surface area is 196 Å². The van der Waals surface area contributed by atoms with E-state index in [9.17, 15) is 19.4 Å². The minimum absolute atomic E-state index is 0.0309. The van der Waals surface area contributed by atoms with Crippen LogP contribution in [-0.4, -0.2) is 52.3 Å². The summed E-state index contributed by atoms with van der Waals surface area (Å²) in [6.45, 7) is 3.50. The van der Waals surface area contributed by atoms with Crippen molar-refractivity contribution in [3.63, 3.8) is 0 Å². The highest BCUT2D eigenvalue weighted by molar-refractivity contribution is 6.30. The first-order valence-corrected chi connectivity index (χ1v) is 10.9. The number of benzene rings is 2. The van der Waals surface area contributed by atoms with E-state index in [2.05, 4.69) is 0 Å². The van der Waals surface area contributed by atoms with Crippen LogP contribution in [0.5, 0.6) is 11.5 Å². The first-order chi connectivity index (χ1) is 15.6. The Morgan fingerprint density at radius 3 is 2.36 bits per heavy atom. The highest BCUT2D eigenvalue weighted by atomic mass is 35.5. The van der Waals surface area contributed by atoms with Gasteiger partial charge in [-0.2, -0.15) is 0 Å². The van der Waals surface area contributed by atoms with Gasteiger partial charge >= 0.3 is 5.97 Å². The van der Waals surface area contributed by atoms with Crippen LogP contribution in [-0.2, 0) is 23.0 Å². The zero-order valence-electron chi connectivity index (χ0n) is 18.6. The number of carbonyl (C=O) groups is 1. The standard InChI is InChI=1S/C24H27ClFNO6/c1-14(2)33-23(24(29)30)8-15-11-27(3)22-7-5-17(9-19(15)22)31-12-16(28)13-32-18-4-6-21(26)20(25)10-18/h4-7,9-11,14,16,23,28H,8,12-13H2,1-3H3,(H,29,30). The first kappa shape index (κ1) is 24.8. The van der Waals surface area contributed by atoms with E-state index in [1.165, 1.54) is 18.2 Å². The van der Waals surface area contributed by atoms with Crippen LogP contribution in [0.15, 0.2) is 42.6 Å². The molecule has 0 saturated heterocycles. The number of nitrogens with zero attached hydrogens (tertiary/aromatic N) is 1. The summed E-state index contributed by atoms with van der Waals surface area (Å²) in [4.78, 5) is 11.6. The van der Waals surface area contributed by atoms with Crippen LogP contribution in [0.1, 0.15) is 19.4 Å². The molecule has 178 valence electrons. The molecule has 0 amide bonds. The molecule has 1 heterocycles. The average molecular weight is 480 g/mol. The van der Waals surface area contributed by atoms with Gasteiger partial charge in [-0.15, -0.1) is 0 Å². The van der Waals surface area contributed by atoms with Crippen LogP contribution in [0.4, 0.5) is 4.39 Å². The summed E-state index contributed by atoms with van der Waals surface area (Å²) in [5.41, 5.74) is 1.74. The quantitative estimate of drug-likeness (QED) is 0.428. The maximum atomic E-state index is 13.2. The van der Waals surface area contributed by atoms with Crippen molar-refractivity contribution < 1.29 is 33.6 Å². The summed E-state index contributed by atoms with van der Waals surface area (Å²) in [6.07, 6.45) is -0.0143. The SMILES string of the molecule is CC(C)OC(Cc1cn(C)c2ccc(OCC(O)COc3ccc(F)c(Cl)c3)cc12)C(=O)O. The molecule has 0 aliphatic rings. The molecule has 0 aliphatic carbocycles. The smallest absolute Gasteiger partial charge is 0.333 e. The minimum atomic E-state index is -1.02. The van der Waals surface area contributed by atoms with Gasteiger partial charge in [0.05, 0.1) is 11.1 Å². The third-order valence-electron chi connectivity index (χ3n) is 4.94. The fraction of sp³-hybridized carbons (Fsp3) is 0.375. The minimum Gasteiger partial charge on any atom is -0.491 e. The van der Waals surface area contributed by atoms with Crippen LogP contribution in [0, 0.1) is 5.82 Å². The summed E-state index contributed by atoms with van der Waals surface area (Å²) >= 11 is 5.72. The molecule has 7 nitrogen and oxygen atoms in total. The van der Waals surface area contributed by atoms with E-state index in [4.69, 9.17) is 25.8 Å². The van der Waals surface area contributed by atoms with Crippen LogP contribution >= 0.6 is 11.6 Å². The van der Waals surface area contributed by atoms with E-state index in [0.717, 1.165) is 16.5 Å². The second-order valence-corrected chi connectivity index (χ2v) is 8.42. The van der Waals surface area contributed by atoms with Gasteiger partial charge in [0.2, 0.25) is 0 Å². The van der Waals surface area contributed by atoms with Crippen molar-refractivity contribution in [2.24, 2.45) is 7.05 Å². The molecule has 2 unspecified atom stereocenters. The topological polar surface area (TPSA) is 90.2 Å². The van der Waals surface area contributed by atoms with Gasteiger partial charge < -0.3 is 29.0 Å². The van der Waals surface area contributed by atoms with Crippen LogP contribution in [0.3, 0.4) is 0 Å². The van der Waals surface area contributed by atoms with Gasteiger partial charge in [0.15, 0.2) is 6.10 Å². The number of hydrogen-bond donors (Lipinski definition) is 2. The lowest BCUT2D eigenvalue weighted by molar-refractivity contribution is -0.153. The molecule has 0 spiro atoms. The van der Waals surface area contributed by atoms with E-state index >= 15 is 0 Å². The fourth-order valence-electron chi connectivity index (χ4n) is 3.43. The normalized spacial score (nSPS) is 13.3. The number of aliphatic carboxylic acids is 1. The Kier molecular flexibility index (Phi) is 8.18. The third-order valence-corrected chi connectivity index (χ3v) is 5.23. The maximum Gasteiger partial charge on any atom is 0.333 e. The molecule has 2 aromatic carbocycles. The van der Waals surface area contributed by atoms with Crippen molar-refractivity contribution in [2.45, 2.75) is 38.6 Å². The van der Waals surface area contributed by atoms with Crippen molar-refractivity contribution in [2.75, 3.05) is 13.2 Å². The monoisotopic (exact) mass is 479 g/mol. The number of carboxylic acids is 1. The van der Waals surface area contributed by atoms with E-state index in [0.29, 0.717) is 11.5 Å². The maximum absolute atomic E-state index is 13.2. The van der Waals surface area contributed by atoms with E-state index in [1.807, 2.05) is 29.9 Å². The molecule has 3 rings (SSSR count). The summed E-state index contributed by atoms with van der Waals surface area (Å²) in [5.74, 6) is -0.699. The predicted octanol–water partition coefficient (Wildman–Crippen LogP) is 4.21. The lowest BCUT2D eigenvalue weighted by Crippen LogP contribution is -2.29. The molecule has 2 N–H and O–H groups in total. The Morgan fingerprint density at radius 2 is 1.76 bits per heavy atom. The molecule has 9 heteroatoms. The zero-order chi connectivity index (χ0) is 24.1. The Hall–Kier alpha value is -2.81. The average Bonchev–Trinajstić information content (AvgIpc) is 3.07. The van der Waals surface area contributed by atoms with Crippen LogP contribution in [0.2, 0.25) is 5.02 Å². The van der Waals surface area contributed by atoms with Gasteiger partial charge in [0.1, 0.15) is 36.6 Å². The number of carboxylic acid groups (broad SMARTS) is 1. The number of halogens is 2. The number of rotatable bonds is 11. The second kappa shape index (κ2) is 10.9. The van der Waals surface area contributed by atoms with Crippen LogP contribution in [0.25, 0.3) is 10.9 Å². The lowest BCUT2D eigenvalue weighted by atomic mass is 10.1. The van der Waals surface area contributed by atoms with Gasteiger partial charge in [-0.05, 0) is 49.7 Å². The van der Waals surface area contributed by atoms with Gasteiger partial charge in [-0.25, -0.2) is 9.18 Å². The highest BCUT2D eigenvalue weighted by Crippen LogP contribution is 2.27. The van der Waals surface area contributed by atoms with Crippen molar-refractivity contribution >= 4 is 28.5 Å². The molecule has 2 atom stereocenters. The molecular weight excluding hydrogens is 453 g/mol.